The lowest BCUT2D eigenvalue weighted by Gasteiger charge is -2.33. The summed E-state index contributed by atoms with van der Waals surface area (Å²) < 4.78 is 1.16. The monoisotopic (exact) mass is 291 g/mol. The van der Waals surface area contributed by atoms with Crippen molar-refractivity contribution in [2.24, 2.45) is 0 Å². The van der Waals surface area contributed by atoms with E-state index in [1.165, 1.54) is 4.88 Å². The molecule has 0 fully saturated rings. The van der Waals surface area contributed by atoms with Crippen LogP contribution in [0.5, 0.6) is 0 Å². The molecule has 0 amide bonds. The van der Waals surface area contributed by atoms with Crippen molar-refractivity contribution in [2.45, 2.75) is 25.8 Å². The van der Waals surface area contributed by atoms with Crippen molar-refractivity contribution in [3.63, 3.8) is 0 Å². The second kappa shape index (κ2) is 5.43. The molecule has 0 aliphatic rings. The highest BCUT2D eigenvalue weighted by Gasteiger charge is 2.21. The van der Waals surface area contributed by atoms with Gasteiger partial charge in [-0.05, 0) is 49.3 Å². The third-order valence-corrected chi connectivity index (χ3v) is 4.49. The maximum atomic E-state index is 9.22. The molecule has 0 radical (unpaired) electrons. The lowest BCUT2D eigenvalue weighted by molar-refractivity contribution is 0.0802. The second-order valence-corrected chi connectivity index (χ2v) is 6.28. The Morgan fingerprint density at radius 3 is 2.67 bits per heavy atom. The van der Waals surface area contributed by atoms with Gasteiger partial charge in [-0.1, -0.05) is 0 Å². The zero-order valence-electron chi connectivity index (χ0n) is 9.46. The Kier molecular flexibility index (Phi) is 4.77. The minimum absolute atomic E-state index is 0.130. The van der Waals surface area contributed by atoms with Gasteiger partial charge in [-0.2, -0.15) is 0 Å². The topological polar surface area (TPSA) is 23.5 Å². The molecule has 1 rings (SSSR count). The van der Waals surface area contributed by atoms with Gasteiger partial charge < -0.3 is 5.11 Å². The molecule has 4 heteroatoms. The Balaban J connectivity index is 2.44. The SMILES string of the molecule is CN(CCc1cc(Br)cs1)C(C)(C)CO. The van der Waals surface area contributed by atoms with Gasteiger partial charge in [0.15, 0.2) is 0 Å². The predicted molar refractivity (Wildman–Crippen MR) is 69.5 cm³/mol. The summed E-state index contributed by atoms with van der Waals surface area (Å²) >= 11 is 5.22. The van der Waals surface area contributed by atoms with E-state index in [2.05, 4.69) is 53.2 Å². The van der Waals surface area contributed by atoms with Gasteiger partial charge in [-0.25, -0.2) is 0 Å². The second-order valence-electron chi connectivity index (χ2n) is 4.37. The van der Waals surface area contributed by atoms with Crippen LogP contribution in [0.3, 0.4) is 0 Å². The average Bonchev–Trinajstić information content (AvgIpc) is 2.60. The quantitative estimate of drug-likeness (QED) is 0.902. The third-order valence-electron chi connectivity index (χ3n) is 2.74. The fourth-order valence-electron chi connectivity index (χ4n) is 1.19. The molecule has 0 saturated heterocycles. The van der Waals surface area contributed by atoms with E-state index in [1.807, 2.05) is 0 Å². The molecule has 1 heterocycles. The van der Waals surface area contributed by atoms with Crippen LogP contribution >= 0.6 is 27.3 Å². The molecule has 0 unspecified atom stereocenters. The molecular formula is C11H18BrNOS. The Hall–Kier alpha value is 0.1000. The van der Waals surface area contributed by atoms with Crippen molar-refractivity contribution < 1.29 is 5.11 Å². The van der Waals surface area contributed by atoms with Crippen LogP contribution in [-0.2, 0) is 6.42 Å². The van der Waals surface area contributed by atoms with Crippen LogP contribution in [0.2, 0.25) is 0 Å². The summed E-state index contributed by atoms with van der Waals surface area (Å²) in [6, 6.07) is 2.16. The Morgan fingerprint density at radius 2 is 2.20 bits per heavy atom. The number of nitrogens with zero attached hydrogens (tertiary/aromatic N) is 1. The van der Waals surface area contributed by atoms with E-state index in [-0.39, 0.29) is 12.1 Å². The van der Waals surface area contributed by atoms with Crippen molar-refractivity contribution in [1.29, 1.82) is 0 Å². The standard InChI is InChI=1S/C11H18BrNOS/c1-11(2,8-14)13(3)5-4-10-6-9(12)7-15-10/h6-7,14H,4-5,8H2,1-3H3. The van der Waals surface area contributed by atoms with E-state index in [9.17, 15) is 5.11 Å². The number of aliphatic hydroxyl groups excluding tert-OH is 1. The maximum absolute atomic E-state index is 9.22. The van der Waals surface area contributed by atoms with Crippen LogP contribution in [0.15, 0.2) is 15.9 Å². The summed E-state index contributed by atoms with van der Waals surface area (Å²) in [5, 5.41) is 11.3. The molecule has 0 aliphatic carbocycles. The van der Waals surface area contributed by atoms with Gasteiger partial charge in [-0.3, -0.25) is 4.90 Å². The van der Waals surface area contributed by atoms with Crippen LogP contribution in [0.25, 0.3) is 0 Å². The highest BCUT2D eigenvalue weighted by atomic mass is 79.9. The van der Waals surface area contributed by atoms with Crippen molar-refractivity contribution in [3.05, 3.63) is 20.8 Å². The lowest BCUT2D eigenvalue weighted by Crippen LogP contribution is -2.45. The number of hydrogen-bond acceptors (Lipinski definition) is 3. The van der Waals surface area contributed by atoms with Crippen LogP contribution in [-0.4, -0.2) is 35.7 Å². The number of aliphatic hydroxyl groups is 1. The van der Waals surface area contributed by atoms with Crippen LogP contribution in [0, 0.1) is 0 Å². The Morgan fingerprint density at radius 1 is 1.53 bits per heavy atom. The number of likely N-dealkylation sites (N-methyl/N-ethyl adjacent to an activating group) is 1. The fraction of sp³-hybridized carbons (Fsp3) is 0.636. The molecule has 0 atom stereocenters. The first-order valence-corrected chi connectivity index (χ1v) is 6.68. The summed E-state index contributed by atoms with van der Waals surface area (Å²) in [5.74, 6) is 0. The molecule has 1 aromatic rings. The van der Waals surface area contributed by atoms with E-state index < -0.39 is 0 Å². The largest absolute Gasteiger partial charge is 0.394 e. The minimum atomic E-state index is -0.130. The molecule has 0 bridgehead atoms. The van der Waals surface area contributed by atoms with Gasteiger partial charge in [0.25, 0.3) is 0 Å². The average molecular weight is 292 g/mol. The van der Waals surface area contributed by atoms with Gasteiger partial charge in [0.2, 0.25) is 0 Å². The summed E-state index contributed by atoms with van der Waals surface area (Å²) in [6.07, 6.45) is 1.04. The van der Waals surface area contributed by atoms with Crippen LogP contribution < -0.4 is 0 Å². The van der Waals surface area contributed by atoms with Gasteiger partial charge in [-0.15, -0.1) is 11.3 Å². The first-order chi connectivity index (χ1) is 6.95. The molecule has 2 nitrogen and oxygen atoms in total. The molecule has 1 N–H and O–H groups in total. The van der Waals surface area contributed by atoms with Gasteiger partial charge in [0.1, 0.15) is 0 Å². The zero-order valence-corrected chi connectivity index (χ0v) is 11.9. The van der Waals surface area contributed by atoms with Gasteiger partial charge >= 0.3 is 0 Å². The van der Waals surface area contributed by atoms with Crippen LogP contribution in [0.4, 0.5) is 0 Å². The van der Waals surface area contributed by atoms with Crippen molar-refractivity contribution in [1.82, 2.24) is 4.90 Å². The van der Waals surface area contributed by atoms with Crippen molar-refractivity contribution in [3.8, 4) is 0 Å². The maximum Gasteiger partial charge on any atom is 0.0609 e. The molecule has 0 saturated carbocycles. The van der Waals surface area contributed by atoms with Crippen LogP contribution in [0.1, 0.15) is 18.7 Å². The molecular weight excluding hydrogens is 274 g/mol. The molecule has 1 aromatic heterocycles. The molecule has 0 spiro atoms. The molecule has 15 heavy (non-hydrogen) atoms. The first-order valence-electron chi connectivity index (χ1n) is 5.01. The first kappa shape index (κ1) is 13.2. The van der Waals surface area contributed by atoms with E-state index in [4.69, 9.17) is 0 Å². The molecule has 0 aliphatic heterocycles. The summed E-state index contributed by atoms with van der Waals surface area (Å²) in [7, 11) is 2.05. The summed E-state index contributed by atoms with van der Waals surface area (Å²) in [4.78, 5) is 3.57. The lowest BCUT2D eigenvalue weighted by atomic mass is 10.1. The number of halogens is 1. The summed E-state index contributed by atoms with van der Waals surface area (Å²) in [6.45, 7) is 5.27. The van der Waals surface area contributed by atoms with Gasteiger partial charge in [0.05, 0.1) is 6.61 Å². The molecule has 0 aromatic carbocycles. The highest BCUT2D eigenvalue weighted by molar-refractivity contribution is 9.10. The molecule has 86 valence electrons. The number of rotatable bonds is 5. The van der Waals surface area contributed by atoms with E-state index >= 15 is 0 Å². The third kappa shape index (κ3) is 3.87. The minimum Gasteiger partial charge on any atom is -0.394 e. The van der Waals surface area contributed by atoms with Crippen molar-refractivity contribution >= 4 is 27.3 Å². The Labute approximate surface area is 104 Å². The fourth-order valence-corrected chi connectivity index (χ4v) is 2.63. The predicted octanol–water partition coefficient (Wildman–Crippen LogP) is 2.76. The number of thiophene rings is 1. The Bertz CT molecular complexity index is 311. The highest BCUT2D eigenvalue weighted by Crippen LogP contribution is 2.21. The normalized spacial score (nSPS) is 12.4. The van der Waals surface area contributed by atoms with E-state index in [0.717, 1.165) is 17.4 Å². The van der Waals surface area contributed by atoms with Crippen molar-refractivity contribution in [2.75, 3.05) is 20.2 Å². The zero-order chi connectivity index (χ0) is 11.5. The van der Waals surface area contributed by atoms with E-state index in [1.54, 1.807) is 11.3 Å². The summed E-state index contributed by atoms with van der Waals surface area (Å²) in [5.41, 5.74) is -0.130. The van der Waals surface area contributed by atoms with E-state index in [0.29, 0.717) is 0 Å². The number of hydrogen-bond donors (Lipinski definition) is 1. The van der Waals surface area contributed by atoms with Gasteiger partial charge in [0, 0.05) is 26.8 Å². The smallest absolute Gasteiger partial charge is 0.0609 e.